The molecule has 1 aliphatic rings. The minimum atomic E-state index is -1.75. The molecule has 58 valence electrons. The van der Waals surface area contributed by atoms with Crippen molar-refractivity contribution >= 4 is 7.14 Å². The van der Waals surface area contributed by atoms with Gasteiger partial charge >= 0.3 is 0 Å². The van der Waals surface area contributed by atoms with E-state index < -0.39 is 7.14 Å². The van der Waals surface area contributed by atoms with Crippen LogP contribution in [0.4, 0.5) is 0 Å². The van der Waals surface area contributed by atoms with Gasteiger partial charge in [0.15, 0.2) is 0 Å². The van der Waals surface area contributed by atoms with E-state index >= 15 is 0 Å². The Labute approximate surface area is 61.9 Å². The Morgan fingerprint density at radius 3 is 2.70 bits per heavy atom. The topological polar surface area (TPSA) is 43.1 Å². The molecular formula is C7H14NOP. The summed E-state index contributed by atoms with van der Waals surface area (Å²) in [5, 5.41) is 1.14. The highest BCUT2D eigenvalue weighted by Gasteiger charge is 2.37. The summed E-state index contributed by atoms with van der Waals surface area (Å²) in [6.07, 6.45) is 3.73. The van der Waals surface area contributed by atoms with Gasteiger partial charge in [-0.3, -0.25) is 0 Å². The van der Waals surface area contributed by atoms with Crippen LogP contribution in [0.1, 0.15) is 13.3 Å². The van der Waals surface area contributed by atoms with Gasteiger partial charge in [-0.05, 0) is 25.3 Å². The number of rotatable bonds is 2. The number of hydrogen-bond acceptors (Lipinski definition) is 2. The van der Waals surface area contributed by atoms with E-state index in [1.165, 1.54) is 0 Å². The highest BCUT2D eigenvalue weighted by Crippen LogP contribution is 2.68. The molecule has 2 N–H and O–H groups in total. The first-order valence-corrected chi connectivity index (χ1v) is 5.88. The van der Waals surface area contributed by atoms with Gasteiger partial charge in [0, 0.05) is 12.2 Å². The van der Waals surface area contributed by atoms with E-state index in [4.69, 9.17) is 5.73 Å². The summed E-state index contributed by atoms with van der Waals surface area (Å²) in [6, 6.07) is 0.202. The standard InChI is InChI=1S/C7H14NOP/c1-6(8)3-4-7-5-10(7,2)9/h4,6H,3,5,8H2,1-2H3. The quantitative estimate of drug-likeness (QED) is 0.622. The SMILES string of the molecule is CC(N)CC=C1CP1(C)=O. The molecule has 2 unspecified atom stereocenters. The van der Waals surface area contributed by atoms with E-state index in [0.717, 1.165) is 17.9 Å². The van der Waals surface area contributed by atoms with Crippen LogP contribution in [-0.2, 0) is 4.57 Å². The van der Waals surface area contributed by atoms with E-state index in [2.05, 4.69) is 0 Å². The second-order valence-corrected chi connectivity index (χ2v) is 6.26. The van der Waals surface area contributed by atoms with Crippen molar-refractivity contribution in [3.05, 3.63) is 11.4 Å². The maximum Gasteiger partial charge on any atom is 0.113 e. The van der Waals surface area contributed by atoms with Gasteiger partial charge in [0.1, 0.15) is 7.14 Å². The molecule has 1 aliphatic heterocycles. The summed E-state index contributed by atoms with van der Waals surface area (Å²) in [7, 11) is -1.75. The van der Waals surface area contributed by atoms with Crippen molar-refractivity contribution in [3.63, 3.8) is 0 Å². The Balaban J connectivity index is 2.39. The summed E-state index contributed by atoms with van der Waals surface area (Å²) >= 11 is 0. The van der Waals surface area contributed by atoms with Gasteiger partial charge in [0.05, 0.1) is 0 Å². The summed E-state index contributed by atoms with van der Waals surface area (Å²) < 4.78 is 11.2. The van der Waals surface area contributed by atoms with Crippen LogP contribution in [0.3, 0.4) is 0 Å². The van der Waals surface area contributed by atoms with Crippen molar-refractivity contribution in [2.75, 3.05) is 12.8 Å². The summed E-state index contributed by atoms with van der Waals surface area (Å²) in [4.78, 5) is 0. The van der Waals surface area contributed by atoms with Crippen LogP contribution < -0.4 is 5.73 Å². The predicted octanol–water partition coefficient (Wildman–Crippen LogP) is 1.61. The van der Waals surface area contributed by atoms with E-state index in [1.807, 2.05) is 19.7 Å². The van der Waals surface area contributed by atoms with Crippen LogP contribution in [0.15, 0.2) is 11.4 Å². The largest absolute Gasteiger partial charge is 0.328 e. The Kier molecular flexibility index (Phi) is 2.02. The van der Waals surface area contributed by atoms with Crippen LogP contribution in [0.2, 0.25) is 0 Å². The third-order valence-electron chi connectivity index (χ3n) is 1.69. The molecule has 3 heteroatoms. The van der Waals surface area contributed by atoms with Crippen molar-refractivity contribution in [3.8, 4) is 0 Å². The second-order valence-electron chi connectivity index (χ2n) is 3.17. The Bertz CT molecular complexity index is 208. The lowest BCUT2D eigenvalue weighted by Gasteiger charge is -1.95. The van der Waals surface area contributed by atoms with Crippen LogP contribution in [0, 0.1) is 0 Å². The lowest BCUT2D eigenvalue weighted by atomic mass is 10.2. The van der Waals surface area contributed by atoms with Gasteiger partial charge in [-0.15, -0.1) is 0 Å². The minimum absolute atomic E-state index is 0.202. The third-order valence-corrected chi connectivity index (χ3v) is 3.81. The van der Waals surface area contributed by atoms with E-state index in [0.29, 0.717) is 0 Å². The van der Waals surface area contributed by atoms with Crippen molar-refractivity contribution in [1.29, 1.82) is 0 Å². The maximum absolute atomic E-state index is 11.2. The predicted molar refractivity (Wildman–Crippen MR) is 44.7 cm³/mol. The van der Waals surface area contributed by atoms with Crippen LogP contribution >= 0.6 is 7.14 Å². The van der Waals surface area contributed by atoms with Crippen molar-refractivity contribution in [1.82, 2.24) is 0 Å². The Morgan fingerprint density at radius 1 is 1.90 bits per heavy atom. The zero-order valence-corrected chi connectivity index (χ0v) is 7.40. The average Bonchev–Trinajstić information content (AvgIpc) is 2.35. The molecule has 1 fully saturated rings. The molecule has 0 radical (unpaired) electrons. The summed E-state index contributed by atoms with van der Waals surface area (Å²) in [5.74, 6) is 0. The molecule has 0 aromatic heterocycles. The number of nitrogens with two attached hydrogens (primary N) is 1. The molecule has 10 heavy (non-hydrogen) atoms. The lowest BCUT2D eigenvalue weighted by Crippen LogP contribution is -2.12. The van der Waals surface area contributed by atoms with Gasteiger partial charge in [0.25, 0.3) is 0 Å². The summed E-state index contributed by atoms with van der Waals surface area (Å²) in [6.45, 7) is 3.79. The molecule has 1 heterocycles. The van der Waals surface area contributed by atoms with E-state index in [-0.39, 0.29) is 6.04 Å². The average molecular weight is 159 g/mol. The lowest BCUT2D eigenvalue weighted by molar-refractivity contribution is 0.592. The first-order chi connectivity index (χ1) is 4.52. The third kappa shape index (κ3) is 1.96. The first kappa shape index (κ1) is 8.03. The summed E-state index contributed by atoms with van der Waals surface area (Å²) in [5.41, 5.74) is 5.52. The fraction of sp³-hybridized carbons (Fsp3) is 0.714. The molecule has 0 aromatic rings. The molecule has 0 aromatic carbocycles. The van der Waals surface area contributed by atoms with Gasteiger partial charge in [-0.25, -0.2) is 0 Å². The van der Waals surface area contributed by atoms with Gasteiger partial charge in [-0.1, -0.05) is 6.08 Å². The fourth-order valence-corrected chi connectivity index (χ4v) is 2.62. The Hall–Kier alpha value is -0.0700. The molecule has 0 aliphatic carbocycles. The van der Waals surface area contributed by atoms with Crippen molar-refractivity contribution in [2.45, 2.75) is 19.4 Å². The normalized spacial score (nSPS) is 38.1. The zero-order chi connectivity index (χ0) is 7.78. The molecular weight excluding hydrogens is 145 g/mol. The number of allylic oxidation sites excluding steroid dienone is 1. The van der Waals surface area contributed by atoms with Crippen LogP contribution in [-0.4, -0.2) is 18.9 Å². The monoisotopic (exact) mass is 159 g/mol. The number of hydrogen-bond donors (Lipinski definition) is 1. The molecule has 1 saturated heterocycles. The molecule has 2 atom stereocenters. The van der Waals surface area contributed by atoms with E-state index in [9.17, 15) is 4.57 Å². The van der Waals surface area contributed by atoms with Crippen LogP contribution in [0.25, 0.3) is 0 Å². The maximum atomic E-state index is 11.2. The second kappa shape index (κ2) is 2.52. The molecule has 1 rings (SSSR count). The fourth-order valence-electron chi connectivity index (χ4n) is 0.853. The van der Waals surface area contributed by atoms with Crippen LogP contribution in [0.5, 0.6) is 0 Å². The van der Waals surface area contributed by atoms with Gasteiger partial charge in [0.2, 0.25) is 0 Å². The van der Waals surface area contributed by atoms with Gasteiger partial charge < -0.3 is 10.3 Å². The van der Waals surface area contributed by atoms with E-state index in [1.54, 1.807) is 0 Å². The highest BCUT2D eigenvalue weighted by atomic mass is 31.2. The zero-order valence-electron chi connectivity index (χ0n) is 6.50. The molecule has 2 nitrogen and oxygen atoms in total. The van der Waals surface area contributed by atoms with Crippen molar-refractivity contribution < 1.29 is 4.57 Å². The molecule has 0 bridgehead atoms. The molecule has 0 spiro atoms. The minimum Gasteiger partial charge on any atom is -0.328 e. The van der Waals surface area contributed by atoms with Crippen molar-refractivity contribution in [2.24, 2.45) is 5.73 Å². The Morgan fingerprint density at radius 2 is 2.40 bits per heavy atom. The molecule has 0 saturated carbocycles. The van der Waals surface area contributed by atoms with Gasteiger partial charge in [-0.2, -0.15) is 0 Å². The smallest absolute Gasteiger partial charge is 0.113 e. The highest BCUT2D eigenvalue weighted by molar-refractivity contribution is 7.76. The molecule has 0 amide bonds. The first-order valence-electron chi connectivity index (χ1n) is 3.54.